The van der Waals surface area contributed by atoms with E-state index in [1.807, 2.05) is 31.2 Å². The lowest BCUT2D eigenvalue weighted by Gasteiger charge is -2.09. The van der Waals surface area contributed by atoms with Gasteiger partial charge in [-0.15, -0.1) is 0 Å². The molecule has 0 amide bonds. The summed E-state index contributed by atoms with van der Waals surface area (Å²) in [4.78, 5) is 10.9. The number of methoxy groups -OCH3 is 1. The lowest BCUT2D eigenvalue weighted by molar-refractivity contribution is 0.112. The van der Waals surface area contributed by atoms with Gasteiger partial charge >= 0.3 is 0 Å². The molecule has 0 bridgehead atoms. The van der Waals surface area contributed by atoms with E-state index >= 15 is 0 Å². The van der Waals surface area contributed by atoms with Crippen LogP contribution in [0.5, 0.6) is 5.75 Å². The van der Waals surface area contributed by atoms with Gasteiger partial charge in [0.05, 0.1) is 12.1 Å². The van der Waals surface area contributed by atoms with Gasteiger partial charge in [0.25, 0.3) is 0 Å². The first-order chi connectivity index (χ1) is 8.65. The molecule has 2 aromatic rings. The summed E-state index contributed by atoms with van der Waals surface area (Å²) in [6.07, 6.45) is 0.769. The number of aldehydes is 1. The quantitative estimate of drug-likeness (QED) is 0.776. The van der Waals surface area contributed by atoms with Crippen molar-refractivity contribution in [2.24, 2.45) is 0 Å². The molecule has 0 aliphatic heterocycles. The third kappa shape index (κ3) is 2.39. The largest absolute Gasteiger partial charge is 0.497 e. The molecule has 0 N–H and O–H groups in total. The topological polar surface area (TPSA) is 26.3 Å². The summed E-state index contributed by atoms with van der Waals surface area (Å²) in [7, 11) is 1.64. The SMILES string of the molecule is COc1ccc(-c2ccc(Cl)c(C=O)c2)c(C)c1. The highest BCUT2D eigenvalue weighted by molar-refractivity contribution is 6.33. The van der Waals surface area contributed by atoms with Gasteiger partial charge in [0.15, 0.2) is 6.29 Å². The Hall–Kier alpha value is -1.80. The van der Waals surface area contributed by atoms with Crippen LogP contribution in [0.25, 0.3) is 11.1 Å². The minimum atomic E-state index is 0.472. The molecule has 0 heterocycles. The van der Waals surface area contributed by atoms with E-state index in [0.29, 0.717) is 10.6 Å². The van der Waals surface area contributed by atoms with Crippen molar-refractivity contribution in [1.29, 1.82) is 0 Å². The van der Waals surface area contributed by atoms with Crippen LogP contribution in [0, 0.1) is 6.92 Å². The van der Waals surface area contributed by atoms with Crippen LogP contribution >= 0.6 is 11.6 Å². The molecule has 0 fully saturated rings. The van der Waals surface area contributed by atoms with Gasteiger partial charge in [-0.2, -0.15) is 0 Å². The van der Waals surface area contributed by atoms with Gasteiger partial charge in [0.1, 0.15) is 5.75 Å². The monoisotopic (exact) mass is 260 g/mol. The zero-order valence-electron chi connectivity index (χ0n) is 10.2. The third-order valence-corrected chi connectivity index (χ3v) is 3.21. The summed E-state index contributed by atoms with van der Waals surface area (Å²) in [6.45, 7) is 2.01. The number of halogens is 1. The average Bonchev–Trinajstić information content (AvgIpc) is 2.39. The number of carbonyl (C=O) groups excluding carboxylic acids is 1. The summed E-state index contributed by atoms with van der Waals surface area (Å²) in [5.41, 5.74) is 3.63. The highest BCUT2D eigenvalue weighted by Crippen LogP contribution is 2.29. The Morgan fingerprint density at radius 3 is 2.56 bits per heavy atom. The normalized spacial score (nSPS) is 10.2. The average molecular weight is 261 g/mol. The molecule has 92 valence electrons. The number of carbonyl (C=O) groups is 1. The van der Waals surface area contributed by atoms with Crippen LogP contribution in [0.2, 0.25) is 5.02 Å². The lowest BCUT2D eigenvalue weighted by atomic mass is 9.99. The Kier molecular flexibility index (Phi) is 3.68. The maximum atomic E-state index is 10.9. The molecule has 2 nitrogen and oxygen atoms in total. The molecule has 0 aliphatic rings. The molecule has 3 heteroatoms. The maximum absolute atomic E-state index is 10.9. The first kappa shape index (κ1) is 12.7. The minimum absolute atomic E-state index is 0.472. The maximum Gasteiger partial charge on any atom is 0.151 e. The second kappa shape index (κ2) is 5.23. The first-order valence-corrected chi connectivity index (χ1v) is 5.93. The number of benzene rings is 2. The Labute approximate surface area is 111 Å². The van der Waals surface area contributed by atoms with Crippen molar-refractivity contribution >= 4 is 17.9 Å². The Morgan fingerprint density at radius 2 is 1.94 bits per heavy atom. The molecular weight excluding hydrogens is 248 g/mol. The predicted octanol–water partition coefficient (Wildman–Crippen LogP) is 4.14. The standard InChI is InChI=1S/C15H13ClO2/c1-10-7-13(18-2)4-5-14(10)11-3-6-15(16)12(8-11)9-17/h3-9H,1-2H3. The van der Waals surface area contributed by atoms with E-state index in [1.54, 1.807) is 19.2 Å². The van der Waals surface area contributed by atoms with Crippen LogP contribution in [0.4, 0.5) is 0 Å². The second-order valence-corrected chi connectivity index (χ2v) is 4.44. The fourth-order valence-corrected chi connectivity index (χ4v) is 2.05. The molecule has 0 aliphatic carbocycles. The Morgan fingerprint density at radius 1 is 1.17 bits per heavy atom. The van der Waals surface area contributed by atoms with Gasteiger partial charge in [-0.1, -0.05) is 23.7 Å². The summed E-state index contributed by atoms with van der Waals surface area (Å²) in [6, 6.07) is 11.3. The van der Waals surface area contributed by atoms with E-state index in [1.165, 1.54) is 0 Å². The molecule has 2 rings (SSSR count). The van der Waals surface area contributed by atoms with E-state index in [4.69, 9.17) is 16.3 Å². The molecule has 0 saturated carbocycles. The molecule has 0 unspecified atom stereocenters. The second-order valence-electron chi connectivity index (χ2n) is 4.03. The molecule has 0 atom stereocenters. The summed E-state index contributed by atoms with van der Waals surface area (Å²) >= 11 is 5.92. The van der Waals surface area contributed by atoms with Crippen LogP contribution < -0.4 is 4.74 Å². The minimum Gasteiger partial charge on any atom is -0.497 e. The van der Waals surface area contributed by atoms with Crippen LogP contribution in [0.3, 0.4) is 0 Å². The highest BCUT2D eigenvalue weighted by Gasteiger charge is 2.06. The van der Waals surface area contributed by atoms with E-state index in [0.717, 1.165) is 28.7 Å². The molecule has 18 heavy (non-hydrogen) atoms. The van der Waals surface area contributed by atoms with E-state index in [9.17, 15) is 4.79 Å². The molecule has 2 aromatic carbocycles. The van der Waals surface area contributed by atoms with Crippen LogP contribution in [0.15, 0.2) is 36.4 Å². The van der Waals surface area contributed by atoms with Gasteiger partial charge in [-0.3, -0.25) is 4.79 Å². The van der Waals surface area contributed by atoms with E-state index in [2.05, 4.69) is 0 Å². The van der Waals surface area contributed by atoms with Gasteiger partial charge in [-0.25, -0.2) is 0 Å². The summed E-state index contributed by atoms with van der Waals surface area (Å²) in [5, 5.41) is 0.472. The van der Waals surface area contributed by atoms with Crippen molar-refractivity contribution in [1.82, 2.24) is 0 Å². The fourth-order valence-electron chi connectivity index (χ4n) is 1.89. The Bertz CT molecular complexity index is 591. The number of hydrogen-bond donors (Lipinski definition) is 0. The first-order valence-electron chi connectivity index (χ1n) is 5.55. The van der Waals surface area contributed by atoms with Crippen LogP contribution in [-0.4, -0.2) is 13.4 Å². The molecule has 0 aromatic heterocycles. The fraction of sp³-hybridized carbons (Fsp3) is 0.133. The van der Waals surface area contributed by atoms with Crippen LogP contribution in [0.1, 0.15) is 15.9 Å². The zero-order valence-corrected chi connectivity index (χ0v) is 11.0. The van der Waals surface area contributed by atoms with E-state index < -0.39 is 0 Å². The van der Waals surface area contributed by atoms with Gasteiger partial charge in [-0.05, 0) is 47.9 Å². The van der Waals surface area contributed by atoms with Gasteiger partial charge in [0.2, 0.25) is 0 Å². The number of rotatable bonds is 3. The van der Waals surface area contributed by atoms with Crippen molar-refractivity contribution < 1.29 is 9.53 Å². The Balaban J connectivity index is 2.51. The van der Waals surface area contributed by atoms with Gasteiger partial charge < -0.3 is 4.74 Å². The van der Waals surface area contributed by atoms with E-state index in [-0.39, 0.29) is 0 Å². The van der Waals surface area contributed by atoms with Crippen LogP contribution in [-0.2, 0) is 0 Å². The zero-order chi connectivity index (χ0) is 13.1. The number of hydrogen-bond acceptors (Lipinski definition) is 2. The number of ether oxygens (including phenoxy) is 1. The molecule has 0 radical (unpaired) electrons. The van der Waals surface area contributed by atoms with Gasteiger partial charge in [0, 0.05) is 5.56 Å². The van der Waals surface area contributed by atoms with Crippen molar-refractivity contribution in [2.75, 3.05) is 7.11 Å². The van der Waals surface area contributed by atoms with Crippen molar-refractivity contribution in [3.8, 4) is 16.9 Å². The lowest BCUT2D eigenvalue weighted by Crippen LogP contribution is -1.89. The van der Waals surface area contributed by atoms with Crippen molar-refractivity contribution in [3.05, 3.63) is 52.5 Å². The smallest absolute Gasteiger partial charge is 0.151 e. The number of aryl methyl sites for hydroxylation is 1. The third-order valence-electron chi connectivity index (χ3n) is 2.87. The highest BCUT2D eigenvalue weighted by atomic mass is 35.5. The molecular formula is C15H13ClO2. The van der Waals surface area contributed by atoms with Crippen molar-refractivity contribution in [3.63, 3.8) is 0 Å². The summed E-state index contributed by atoms with van der Waals surface area (Å²) in [5.74, 6) is 0.820. The summed E-state index contributed by atoms with van der Waals surface area (Å²) < 4.78 is 5.17. The predicted molar refractivity (Wildman–Crippen MR) is 73.6 cm³/mol. The van der Waals surface area contributed by atoms with Crippen molar-refractivity contribution in [2.45, 2.75) is 6.92 Å². The molecule has 0 saturated heterocycles. The molecule has 0 spiro atoms.